The standard InChI is InChI=1S/C16H17NO3/c1-16(9-18-10-16)13(6-7-17)4-2-12-3-5-14-15(8-12)20-11-19-14/h3,5-6,8H,2,4,9-11H2,1H3/b13-6+. The topological polar surface area (TPSA) is 51.5 Å². The van der Waals surface area contributed by atoms with Gasteiger partial charge < -0.3 is 14.2 Å². The predicted octanol–water partition coefficient (Wildman–Crippen LogP) is 2.83. The van der Waals surface area contributed by atoms with Gasteiger partial charge in [-0.3, -0.25) is 0 Å². The van der Waals surface area contributed by atoms with E-state index in [1.165, 1.54) is 11.1 Å². The van der Waals surface area contributed by atoms with Gasteiger partial charge >= 0.3 is 0 Å². The summed E-state index contributed by atoms with van der Waals surface area (Å²) < 4.78 is 16.0. The fourth-order valence-electron chi connectivity index (χ4n) is 2.60. The highest BCUT2D eigenvalue weighted by molar-refractivity contribution is 5.44. The second-order valence-corrected chi connectivity index (χ2v) is 5.54. The molecule has 2 aliphatic heterocycles. The molecular weight excluding hydrogens is 254 g/mol. The summed E-state index contributed by atoms with van der Waals surface area (Å²) in [5.74, 6) is 1.62. The Bertz CT molecular complexity index is 582. The lowest BCUT2D eigenvalue weighted by Crippen LogP contribution is -2.41. The third kappa shape index (κ3) is 2.37. The van der Waals surface area contributed by atoms with Gasteiger partial charge in [-0.2, -0.15) is 5.26 Å². The Morgan fingerprint density at radius 3 is 2.85 bits per heavy atom. The van der Waals surface area contributed by atoms with Crippen molar-refractivity contribution in [3.05, 3.63) is 35.4 Å². The van der Waals surface area contributed by atoms with Crippen molar-refractivity contribution in [2.75, 3.05) is 20.0 Å². The second-order valence-electron chi connectivity index (χ2n) is 5.54. The molecule has 104 valence electrons. The lowest BCUT2D eigenvalue weighted by atomic mass is 9.77. The fourth-order valence-corrected chi connectivity index (χ4v) is 2.60. The highest BCUT2D eigenvalue weighted by Gasteiger charge is 2.36. The van der Waals surface area contributed by atoms with Crippen LogP contribution in [0.25, 0.3) is 0 Å². The van der Waals surface area contributed by atoms with E-state index in [1.807, 2.05) is 12.1 Å². The minimum Gasteiger partial charge on any atom is -0.454 e. The molecular formula is C16H17NO3. The number of rotatable bonds is 4. The summed E-state index contributed by atoms with van der Waals surface area (Å²) >= 11 is 0. The van der Waals surface area contributed by atoms with Crippen LogP contribution in [0.1, 0.15) is 18.9 Å². The molecule has 1 fully saturated rings. The van der Waals surface area contributed by atoms with Gasteiger partial charge in [0.25, 0.3) is 0 Å². The number of nitrogens with zero attached hydrogens (tertiary/aromatic N) is 1. The maximum Gasteiger partial charge on any atom is 0.231 e. The summed E-state index contributed by atoms with van der Waals surface area (Å²) in [6.07, 6.45) is 3.43. The van der Waals surface area contributed by atoms with E-state index < -0.39 is 0 Å². The first-order valence-electron chi connectivity index (χ1n) is 6.77. The average Bonchev–Trinajstić information content (AvgIpc) is 2.88. The molecule has 20 heavy (non-hydrogen) atoms. The van der Waals surface area contributed by atoms with Gasteiger partial charge in [0.05, 0.1) is 19.3 Å². The van der Waals surface area contributed by atoms with E-state index in [-0.39, 0.29) is 5.41 Å². The Morgan fingerprint density at radius 1 is 1.35 bits per heavy atom. The van der Waals surface area contributed by atoms with Crippen LogP contribution >= 0.6 is 0 Å². The first-order chi connectivity index (χ1) is 9.71. The molecule has 0 radical (unpaired) electrons. The summed E-state index contributed by atoms with van der Waals surface area (Å²) in [5, 5.41) is 8.94. The van der Waals surface area contributed by atoms with E-state index in [0.29, 0.717) is 20.0 Å². The summed E-state index contributed by atoms with van der Waals surface area (Å²) in [5.41, 5.74) is 2.40. The van der Waals surface area contributed by atoms with Crippen LogP contribution in [0.4, 0.5) is 0 Å². The Balaban J connectivity index is 1.69. The van der Waals surface area contributed by atoms with Crippen LogP contribution in [0.5, 0.6) is 11.5 Å². The lowest BCUT2D eigenvalue weighted by Gasteiger charge is -2.40. The molecule has 0 aliphatic carbocycles. The third-order valence-electron chi connectivity index (χ3n) is 3.98. The normalized spacial score (nSPS) is 19.3. The third-order valence-corrected chi connectivity index (χ3v) is 3.98. The van der Waals surface area contributed by atoms with Crippen LogP contribution in [0.3, 0.4) is 0 Å². The fraction of sp³-hybridized carbons (Fsp3) is 0.438. The van der Waals surface area contributed by atoms with Crippen molar-refractivity contribution in [1.29, 1.82) is 5.26 Å². The van der Waals surface area contributed by atoms with Crippen LogP contribution in [0, 0.1) is 16.7 Å². The van der Waals surface area contributed by atoms with Crippen molar-refractivity contribution in [2.45, 2.75) is 19.8 Å². The maximum absolute atomic E-state index is 8.94. The van der Waals surface area contributed by atoms with Crippen molar-refractivity contribution in [3.8, 4) is 17.6 Å². The number of allylic oxidation sites excluding steroid dienone is 1. The monoisotopic (exact) mass is 271 g/mol. The SMILES string of the molecule is CC1(/C(=C/C#N)CCc2ccc3c(c2)OCO3)COC1. The molecule has 1 aromatic rings. The minimum atomic E-state index is 0.0338. The van der Waals surface area contributed by atoms with Gasteiger partial charge in [-0.05, 0) is 36.1 Å². The average molecular weight is 271 g/mol. The Kier molecular flexibility index (Phi) is 3.37. The van der Waals surface area contributed by atoms with Crippen LogP contribution < -0.4 is 9.47 Å². The van der Waals surface area contributed by atoms with E-state index >= 15 is 0 Å². The highest BCUT2D eigenvalue weighted by atomic mass is 16.7. The van der Waals surface area contributed by atoms with Crippen molar-refractivity contribution >= 4 is 0 Å². The summed E-state index contributed by atoms with van der Waals surface area (Å²) in [7, 11) is 0. The zero-order valence-electron chi connectivity index (χ0n) is 11.5. The maximum atomic E-state index is 8.94. The molecule has 2 heterocycles. The zero-order valence-corrected chi connectivity index (χ0v) is 11.5. The first-order valence-corrected chi connectivity index (χ1v) is 6.77. The van der Waals surface area contributed by atoms with E-state index in [2.05, 4.69) is 19.1 Å². The zero-order chi connectivity index (χ0) is 14.0. The van der Waals surface area contributed by atoms with Gasteiger partial charge in [0.1, 0.15) is 0 Å². The molecule has 0 aromatic heterocycles. The molecule has 0 N–H and O–H groups in total. The molecule has 0 unspecified atom stereocenters. The van der Waals surface area contributed by atoms with Crippen LogP contribution in [-0.4, -0.2) is 20.0 Å². The number of nitriles is 1. The van der Waals surface area contributed by atoms with E-state index in [4.69, 9.17) is 19.5 Å². The largest absolute Gasteiger partial charge is 0.454 e. The number of hydrogen-bond donors (Lipinski definition) is 0. The van der Waals surface area contributed by atoms with Gasteiger partial charge in [0, 0.05) is 11.5 Å². The van der Waals surface area contributed by atoms with Gasteiger partial charge in [-0.25, -0.2) is 0 Å². The number of ether oxygens (including phenoxy) is 3. The molecule has 4 heteroatoms. The van der Waals surface area contributed by atoms with Gasteiger partial charge in [0.15, 0.2) is 11.5 Å². The number of benzene rings is 1. The van der Waals surface area contributed by atoms with Crippen LogP contribution in [-0.2, 0) is 11.2 Å². The van der Waals surface area contributed by atoms with Gasteiger partial charge in [-0.1, -0.05) is 13.0 Å². The Hall–Kier alpha value is -1.99. The van der Waals surface area contributed by atoms with Crippen molar-refractivity contribution < 1.29 is 14.2 Å². The molecule has 1 saturated heterocycles. The van der Waals surface area contributed by atoms with Gasteiger partial charge in [-0.15, -0.1) is 0 Å². The lowest BCUT2D eigenvalue weighted by molar-refractivity contribution is -0.0793. The first kappa shape index (κ1) is 13.0. The van der Waals surface area contributed by atoms with E-state index in [1.54, 1.807) is 6.08 Å². The molecule has 0 atom stereocenters. The van der Waals surface area contributed by atoms with E-state index in [9.17, 15) is 0 Å². The molecule has 2 aliphatic rings. The van der Waals surface area contributed by atoms with Crippen LogP contribution in [0.2, 0.25) is 0 Å². The summed E-state index contributed by atoms with van der Waals surface area (Å²) in [6.45, 7) is 3.87. The Labute approximate surface area is 118 Å². The predicted molar refractivity (Wildman–Crippen MR) is 73.5 cm³/mol. The van der Waals surface area contributed by atoms with Gasteiger partial charge in [0.2, 0.25) is 6.79 Å². The van der Waals surface area contributed by atoms with E-state index in [0.717, 1.165) is 24.3 Å². The minimum absolute atomic E-state index is 0.0338. The van der Waals surface area contributed by atoms with Crippen LogP contribution in [0.15, 0.2) is 29.8 Å². The molecule has 1 aromatic carbocycles. The number of aryl methyl sites for hydroxylation is 1. The molecule has 0 amide bonds. The quantitative estimate of drug-likeness (QED) is 0.790. The molecule has 0 saturated carbocycles. The molecule has 4 nitrogen and oxygen atoms in total. The smallest absolute Gasteiger partial charge is 0.231 e. The number of hydrogen-bond acceptors (Lipinski definition) is 4. The summed E-state index contributed by atoms with van der Waals surface area (Å²) in [4.78, 5) is 0. The number of fused-ring (bicyclic) bond motifs is 1. The van der Waals surface area contributed by atoms with Crippen molar-refractivity contribution in [2.24, 2.45) is 5.41 Å². The second kappa shape index (κ2) is 5.18. The highest BCUT2D eigenvalue weighted by Crippen LogP contribution is 2.38. The molecule has 3 rings (SSSR count). The summed E-state index contributed by atoms with van der Waals surface area (Å²) in [6, 6.07) is 8.17. The molecule has 0 spiro atoms. The molecule has 0 bridgehead atoms. The van der Waals surface area contributed by atoms with Crippen molar-refractivity contribution in [3.63, 3.8) is 0 Å². The Morgan fingerprint density at radius 2 is 2.15 bits per heavy atom. The van der Waals surface area contributed by atoms with Crippen molar-refractivity contribution in [1.82, 2.24) is 0 Å².